The summed E-state index contributed by atoms with van der Waals surface area (Å²) in [6.45, 7) is 2.10. The Hall–Kier alpha value is -3.68. The van der Waals surface area contributed by atoms with E-state index in [0.717, 1.165) is 5.52 Å². The van der Waals surface area contributed by atoms with Gasteiger partial charge in [0.15, 0.2) is 5.69 Å². The number of nitrogens with one attached hydrogen (secondary N) is 1. The molecule has 3 aromatic rings. The second kappa shape index (κ2) is 8.34. The molecule has 0 aliphatic rings. The fourth-order valence-electron chi connectivity index (χ4n) is 2.84. The number of ether oxygens (including phenoxy) is 1. The molecule has 3 rings (SSSR count). The molecule has 144 valence electrons. The number of aromatic nitrogens is 1. The van der Waals surface area contributed by atoms with E-state index < -0.39 is 5.91 Å². The summed E-state index contributed by atoms with van der Waals surface area (Å²) >= 11 is 0. The highest BCUT2D eigenvalue weighted by Gasteiger charge is 2.17. The van der Waals surface area contributed by atoms with E-state index in [4.69, 9.17) is 4.74 Å². The topological polar surface area (TPSA) is 105 Å². The van der Waals surface area contributed by atoms with E-state index in [1.807, 2.05) is 6.92 Å². The minimum atomic E-state index is -0.635. The number of carbonyl (C=O) groups is 2. The highest BCUT2D eigenvalue weighted by atomic mass is 16.5. The van der Waals surface area contributed by atoms with Crippen molar-refractivity contribution in [2.24, 2.45) is 10.2 Å². The largest absolute Gasteiger partial charge is 0.497 e. The van der Waals surface area contributed by atoms with Crippen LogP contribution in [0.3, 0.4) is 0 Å². The Kier molecular flexibility index (Phi) is 5.69. The van der Waals surface area contributed by atoms with Gasteiger partial charge in [0, 0.05) is 17.5 Å². The van der Waals surface area contributed by atoms with Crippen molar-refractivity contribution in [1.82, 2.24) is 9.88 Å². The number of benzene rings is 2. The second-order valence-corrected chi connectivity index (χ2v) is 5.94. The van der Waals surface area contributed by atoms with Gasteiger partial charge in [-0.3, -0.25) is 9.59 Å². The highest BCUT2D eigenvalue weighted by molar-refractivity contribution is 5.97. The van der Waals surface area contributed by atoms with Crippen molar-refractivity contribution in [3.8, 4) is 11.6 Å². The van der Waals surface area contributed by atoms with E-state index in [1.165, 1.54) is 7.11 Å². The number of carbonyl (C=O) groups excluding carboxylic acids is 2. The van der Waals surface area contributed by atoms with Gasteiger partial charge in [0.2, 0.25) is 5.88 Å². The molecule has 28 heavy (non-hydrogen) atoms. The lowest BCUT2D eigenvalue weighted by atomic mass is 10.2. The van der Waals surface area contributed by atoms with Crippen LogP contribution in [-0.2, 0) is 11.3 Å². The Morgan fingerprint density at radius 3 is 2.61 bits per heavy atom. The van der Waals surface area contributed by atoms with Gasteiger partial charge in [0.25, 0.3) is 11.8 Å². The summed E-state index contributed by atoms with van der Waals surface area (Å²) in [5.74, 6) is -0.502. The quantitative estimate of drug-likeness (QED) is 0.639. The molecule has 0 saturated carbocycles. The molecule has 0 atom stereocenters. The third-order valence-electron chi connectivity index (χ3n) is 4.23. The van der Waals surface area contributed by atoms with Crippen LogP contribution < -0.4 is 10.1 Å². The average Bonchev–Trinajstić information content (AvgIpc) is 3.00. The van der Waals surface area contributed by atoms with Crippen LogP contribution in [0.15, 0.2) is 58.8 Å². The number of rotatable bonds is 6. The Morgan fingerprint density at radius 1 is 1.18 bits per heavy atom. The van der Waals surface area contributed by atoms with Gasteiger partial charge >= 0.3 is 0 Å². The number of fused-ring (bicyclic) bond motifs is 1. The predicted octanol–water partition coefficient (Wildman–Crippen LogP) is 3.42. The molecular formula is C20H20N4O4. The molecule has 0 spiro atoms. The number of hydrogen-bond acceptors (Lipinski definition) is 5. The van der Waals surface area contributed by atoms with Crippen LogP contribution in [0, 0.1) is 0 Å². The molecule has 0 saturated heterocycles. The first-order valence-corrected chi connectivity index (χ1v) is 8.72. The summed E-state index contributed by atoms with van der Waals surface area (Å²) in [6.07, 6.45) is 0. The average molecular weight is 380 g/mol. The van der Waals surface area contributed by atoms with Crippen molar-refractivity contribution in [3.05, 3.63) is 54.1 Å². The Bertz CT molecular complexity index is 1040. The Balaban J connectivity index is 1.78. The SMILES string of the molecule is CCn1c(O)c(N=NC(=O)CNC(=O)c2ccccc2)c2cc(OC)ccc21. The number of amides is 2. The second-order valence-electron chi connectivity index (χ2n) is 5.94. The van der Waals surface area contributed by atoms with Gasteiger partial charge in [0.05, 0.1) is 12.6 Å². The lowest BCUT2D eigenvalue weighted by molar-refractivity contribution is -0.117. The van der Waals surface area contributed by atoms with Crippen molar-refractivity contribution in [3.63, 3.8) is 0 Å². The molecule has 0 radical (unpaired) electrons. The summed E-state index contributed by atoms with van der Waals surface area (Å²) in [7, 11) is 1.54. The summed E-state index contributed by atoms with van der Waals surface area (Å²) in [5, 5.41) is 21.1. The van der Waals surface area contributed by atoms with Crippen LogP contribution in [-0.4, -0.2) is 35.1 Å². The smallest absolute Gasteiger partial charge is 0.283 e. The molecule has 0 aliphatic carbocycles. The number of nitrogens with zero attached hydrogens (tertiary/aromatic N) is 3. The summed E-state index contributed by atoms with van der Waals surface area (Å²) in [5.41, 5.74) is 1.38. The summed E-state index contributed by atoms with van der Waals surface area (Å²) < 4.78 is 6.87. The van der Waals surface area contributed by atoms with Gasteiger partial charge in [-0.1, -0.05) is 18.2 Å². The molecule has 0 aliphatic heterocycles. The monoisotopic (exact) mass is 380 g/mol. The number of aromatic hydroxyl groups is 1. The lowest BCUT2D eigenvalue weighted by Crippen LogP contribution is -2.28. The van der Waals surface area contributed by atoms with E-state index in [9.17, 15) is 14.7 Å². The van der Waals surface area contributed by atoms with Crippen molar-refractivity contribution in [2.45, 2.75) is 13.5 Å². The maximum atomic E-state index is 12.0. The molecule has 0 fully saturated rings. The van der Waals surface area contributed by atoms with Gasteiger partial charge < -0.3 is 19.7 Å². The van der Waals surface area contributed by atoms with Crippen LogP contribution in [0.1, 0.15) is 17.3 Å². The highest BCUT2D eigenvalue weighted by Crippen LogP contribution is 2.40. The zero-order valence-corrected chi connectivity index (χ0v) is 15.5. The minimum Gasteiger partial charge on any atom is -0.497 e. The third kappa shape index (κ3) is 3.85. The predicted molar refractivity (Wildman–Crippen MR) is 104 cm³/mol. The summed E-state index contributed by atoms with van der Waals surface area (Å²) in [6, 6.07) is 13.9. The third-order valence-corrected chi connectivity index (χ3v) is 4.23. The van der Waals surface area contributed by atoms with Gasteiger partial charge in [-0.05, 0) is 37.3 Å². The van der Waals surface area contributed by atoms with E-state index >= 15 is 0 Å². The number of azo groups is 1. The molecular weight excluding hydrogens is 360 g/mol. The van der Waals surface area contributed by atoms with E-state index in [1.54, 1.807) is 53.1 Å². The van der Waals surface area contributed by atoms with Crippen LogP contribution in [0.25, 0.3) is 10.9 Å². The fraction of sp³-hybridized carbons (Fsp3) is 0.200. The van der Waals surface area contributed by atoms with Crippen molar-refractivity contribution in [1.29, 1.82) is 0 Å². The number of methoxy groups -OCH3 is 1. The van der Waals surface area contributed by atoms with Crippen molar-refractivity contribution >= 4 is 28.4 Å². The first-order valence-electron chi connectivity index (χ1n) is 8.72. The standard InChI is InChI=1S/C20H20N4O4/c1-3-24-16-10-9-14(28-2)11-15(16)18(20(24)27)23-22-17(25)12-21-19(26)13-7-5-4-6-8-13/h4-11,27H,3,12H2,1-2H3,(H,21,26). The van der Waals surface area contributed by atoms with Crippen LogP contribution in [0.4, 0.5) is 5.69 Å². The molecule has 8 nitrogen and oxygen atoms in total. The Labute approximate surface area is 161 Å². The maximum absolute atomic E-state index is 12.0. The maximum Gasteiger partial charge on any atom is 0.283 e. The molecule has 2 amide bonds. The molecule has 2 N–H and O–H groups in total. The first kappa shape index (κ1) is 19.1. The van der Waals surface area contributed by atoms with E-state index in [2.05, 4.69) is 15.5 Å². The van der Waals surface area contributed by atoms with Gasteiger partial charge in [-0.25, -0.2) is 0 Å². The number of hydrogen-bond donors (Lipinski definition) is 2. The molecule has 0 bridgehead atoms. The van der Waals surface area contributed by atoms with E-state index in [0.29, 0.717) is 23.2 Å². The zero-order chi connectivity index (χ0) is 20.1. The zero-order valence-electron chi connectivity index (χ0n) is 15.5. The minimum absolute atomic E-state index is 0.0874. The number of aryl methyl sites for hydroxylation is 1. The Morgan fingerprint density at radius 2 is 1.93 bits per heavy atom. The first-order chi connectivity index (χ1) is 13.5. The molecule has 8 heteroatoms. The summed E-state index contributed by atoms with van der Waals surface area (Å²) in [4.78, 5) is 24.0. The van der Waals surface area contributed by atoms with Crippen LogP contribution in [0.2, 0.25) is 0 Å². The molecule has 2 aromatic carbocycles. The molecule has 0 unspecified atom stereocenters. The van der Waals surface area contributed by atoms with Crippen LogP contribution in [0.5, 0.6) is 11.6 Å². The normalized spacial score (nSPS) is 11.1. The fourth-order valence-corrected chi connectivity index (χ4v) is 2.84. The van der Waals surface area contributed by atoms with Gasteiger partial charge in [-0.15, -0.1) is 10.2 Å². The molecule has 1 heterocycles. The van der Waals surface area contributed by atoms with Gasteiger partial charge in [-0.2, -0.15) is 0 Å². The van der Waals surface area contributed by atoms with Crippen molar-refractivity contribution in [2.75, 3.05) is 13.7 Å². The van der Waals surface area contributed by atoms with Gasteiger partial charge in [0.1, 0.15) is 12.3 Å². The van der Waals surface area contributed by atoms with Crippen LogP contribution >= 0.6 is 0 Å². The molecule has 1 aromatic heterocycles. The van der Waals surface area contributed by atoms with E-state index in [-0.39, 0.29) is 24.0 Å². The lowest BCUT2D eigenvalue weighted by Gasteiger charge is -2.02. The van der Waals surface area contributed by atoms with Crippen molar-refractivity contribution < 1.29 is 19.4 Å².